The van der Waals surface area contributed by atoms with Gasteiger partial charge in [-0.1, -0.05) is 18.5 Å². The number of hydrogen-bond acceptors (Lipinski definition) is 3. The van der Waals surface area contributed by atoms with Gasteiger partial charge in [-0.05, 0) is 18.8 Å². The number of halogens is 1. The molecule has 1 atom stereocenters. The van der Waals surface area contributed by atoms with Gasteiger partial charge in [0, 0.05) is 13.1 Å². The Morgan fingerprint density at radius 3 is 3.20 bits per heavy atom. The first-order valence-electron chi connectivity index (χ1n) is 5.16. The van der Waals surface area contributed by atoms with Crippen LogP contribution in [0.15, 0.2) is 11.1 Å². The van der Waals surface area contributed by atoms with E-state index < -0.39 is 0 Å². The number of hydrogen-bond donors (Lipinski definition) is 1. The molecule has 2 rings (SSSR count). The molecule has 5 heteroatoms. The third kappa shape index (κ3) is 2.15. The first kappa shape index (κ1) is 10.5. The van der Waals surface area contributed by atoms with Gasteiger partial charge in [-0.25, -0.2) is 4.98 Å². The third-order valence-electron chi connectivity index (χ3n) is 2.73. The summed E-state index contributed by atoms with van der Waals surface area (Å²) in [6.07, 6.45) is 3.77. The summed E-state index contributed by atoms with van der Waals surface area (Å²) in [5.41, 5.74) is -0.264. The molecule has 0 aliphatic carbocycles. The quantitative estimate of drug-likeness (QED) is 0.794. The Hall–Kier alpha value is -1.03. The Morgan fingerprint density at radius 2 is 2.47 bits per heavy atom. The maximum absolute atomic E-state index is 11.3. The van der Waals surface area contributed by atoms with E-state index in [0.717, 1.165) is 19.5 Å². The topological polar surface area (TPSA) is 49.0 Å². The lowest BCUT2D eigenvalue weighted by Gasteiger charge is -2.31. The average molecular weight is 228 g/mol. The highest BCUT2D eigenvalue weighted by atomic mass is 35.5. The van der Waals surface area contributed by atoms with E-state index in [1.165, 1.54) is 12.7 Å². The number of H-pyrrole nitrogens is 1. The largest absolute Gasteiger partial charge is 0.355 e. The van der Waals surface area contributed by atoms with E-state index in [-0.39, 0.29) is 10.6 Å². The smallest absolute Gasteiger partial charge is 0.271 e. The molecule has 1 aromatic heterocycles. The number of aromatic amines is 1. The van der Waals surface area contributed by atoms with Crippen LogP contribution in [0.3, 0.4) is 0 Å². The molecule has 2 heterocycles. The predicted octanol–water partition coefficient (Wildman–Crippen LogP) is 1.66. The number of rotatable bonds is 1. The zero-order valence-electron chi connectivity index (χ0n) is 8.66. The Morgan fingerprint density at radius 1 is 1.67 bits per heavy atom. The second kappa shape index (κ2) is 4.23. The van der Waals surface area contributed by atoms with Crippen molar-refractivity contribution >= 4 is 17.4 Å². The monoisotopic (exact) mass is 227 g/mol. The fourth-order valence-corrected chi connectivity index (χ4v) is 2.20. The van der Waals surface area contributed by atoms with Gasteiger partial charge in [0.2, 0.25) is 0 Å². The van der Waals surface area contributed by atoms with Crippen molar-refractivity contribution in [2.24, 2.45) is 5.92 Å². The Kier molecular flexibility index (Phi) is 2.95. The number of anilines is 1. The number of aromatic nitrogens is 2. The lowest BCUT2D eigenvalue weighted by molar-refractivity contribution is 0.444. The highest BCUT2D eigenvalue weighted by Crippen LogP contribution is 2.24. The maximum atomic E-state index is 11.3. The minimum Gasteiger partial charge on any atom is -0.355 e. The molecule has 0 saturated carbocycles. The molecular formula is C10H14ClN3O. The van der Waals surface area contributed by atoms with Gasteiger partial charge in [0.05, 0.1) is 6.33 Å². The van der Waals surface area contributed by atoms with Gasteiger partial charge in [-0.2, -0.15) is 0 Å². The molecule has 15 heavy (non-hydrogen) atoms. The molecule has 0 radical (unpaired) electrons. The normalized spacial score (nSPS) is 21.7. The fraction of sp³-hybridized carbons (Fsp3) is 0.600. The van der Waals surface area contributed by atoms with Crippen LogP contribution < -0.4 is 10.5 Å². The Labute approximate surface area is 93.3 Å². The van der Waals surface area contributed by atoms with E-state index in [1.807, 2.05) is 0 Å². The number of piperidine rings is 1. The van der Waals surface area contributed by atoms with E-state index in [4.69, 9.17) is 11.6 Å². The molecule has 1 fully saturated rings. The van der Waals surface area contributed by atoms with Crippen molar-refractivity contribution in [1.82, 2.24) is 9.97 Å². The fourth-order valence-electron chi connectivity index (χ4n) is 1.98. The number of nitrogens with zero attached hydrogens (tertiary/aromatic N) is 2. The molecule has 82 valence electrons. The highest BCUT2D eigenvalue weighted by Gasteiger charge is 2.20. The van der Waals surface area contributed by atoms with Gasteiger partial charge in [0.15, 0.2) is 5.82 Å². The SMILES string of the molecule is CC1CCCN(c2nc[nH]c(=O)c2Cl)C1. The minimum atomic E-state index is -0.264. The van der Waals surface area contributed by atoms with Gasteiger partial charge >= 0.3 is 0 Å². The van der Waals surface area contributed by atoms with E-state index in [9.17, 15) is 4.79 Å². The zero-order chi connectivity index (χ0) is 10.8. The average Bonchev–Trinajstić information content (AvgIpc) is 2.22. The van der Waals surface area contributed by atoms with E-state index >= 15 is 0 Å². The van der Waals surface area contributed by atoms with Crippen LogP contribution in [-0.4, -0.2) is 23.1 Å². The van der Waals surface area contributed by atoms with Gasteiger partial charge < -0.3 is 9.88 Å². The molecule has 0 bridgehead atoms. The molecule has 0 spiro atoms. The summed E-state index contributed by atoms with van der Waals surface area (Å²) >= 11 is 5.93. The molecule has 1 saturated heterocycles. The lowest BCUT2D eigenvalue weighted by atomic mass is 10.0. The molecule has 0 amide bonds. The van der Waals surface area contributed by atoms with Gasteiger partial charge in [-0.3, -0.25) is 4.79 Å². The second-order valence-electron chi connectivity index (χ2n) is 4.06. The van der Waals surface area contributed by atoms with Crippen molar-refractivity contribution in [3.8, 4) is 0 Å². The van der Waals surface area contributed by atoms with Crippen LogP contribution in [0.4, 0.5) is 5.82 Å². The van der Waals surface area contributed by atoms with Crippen LogP contribution >= 0.6 is 11.6 Å². The molecule has 0 aromatic carbocycles. The van der Waals surface area contributed by atoms with Crippen LogP contribution in [0.5, 0.6) is 0 Å². The van der Waals surface area contributed by atoms with Crippen LogP contribution in [0.2, 0.25) is 5.02 Å². The van der Waals surface area contributed by atoms with Gasteiger partial charge in [0.1, 0.15) is 5.02 Å². The van der Waals surface area contributed by atoms with Crippen LogP contribution in [0.25, 0.3) is 0 Å². The van der Waals surface area contributed by atoms with Crippen molar-refractivity contribution in [2.45, 2.75) is 19.8 Å². The molecule has 1 unspecified atom stereocenters. The van der Waals surface area contributed by atoms with Crippen LogP contribution in [-0.2, 0) is 0 Å². The summed E-state index contributed by atoms with van der Waals surface area (Å²) < 4.78 is 0. The van der Waals surface area contributed by atoms with E-state index in [1.54, 1.807) is 0 Å². The van der Waals surface area contributed by atoms with Crippen molar-refractivity contribution in [3.05, 3.63) is 21.7 Å². The minimum absolute atomic E-state index is 0.201. The van der Waals surface area contributed by atoms with Gasteiger partial charge in [0.25, 0.3) is 5.56 Å². The summed E-state index contributed by atoms with van der Waals surface area (Å²) in [4.78, 5) is 20.0. The molecule has 1 aromatic rings. The zero-order valence-corrected chi connectivity index (χ0v) is 9.42. The van der Waals surface area contributed by atoms with Crippen LogP contribution in [0.1, 0.15) is 19.8 Å². The summed E-state index contributed by atoms with van der Waals surface area (Å²) in [5.74, 6) is 1.25. The number of nitrogens with one attached hydrogen (secondary N) is 1. The highest BCUT2D eigenvalue weighted by molar-refractivity contribution is 6.32. The lowest BCUT2D eigenvalue weighted by Crippen LogP contribution is -2.35. The molecule has 4 nitrogen and oxygen atoms in total. The van der Waals surface area contributed by atoms with Crippen molar-refractivity contribution < 1.29 is 0 Å². The maximum Gasteiger partial charge on any atom is 0.271 e. The third-order valence-corrected chi connectivity index (χ3v) is 3.08. The predicted molar refractivity (Wildman–Crippen MR) is 60.5 cm³/mol. The molecule has 1 aliphatic heterocycles. The molecular weight excluding hydrogens is 214 g/mol. The van der Waals surface area contributed by atoms with E-state index in [2.05, 4.69) is 21.8 Å². The second-order valence-corrected chi connectivity index (χ2v) is 4.44. The summed E-state index contributed by atoms with van der Waals surface area (Å²) in [5, 5.41) is 0.201. The van der Waals surface area contributed by atoms with Crippen molar-refractivity contribution in [2.75, 3.05) is 18.0 Å². The van der Waals surface area contributed by atoms with Gasteiger partial charge in [-0.15, -0.1) is 0 Å². The summed E-state index contributed by atoms with van der Waals surface area (Å²) in [6, 6.07) is 0. The molecule has 1 N–H and O–H groups in total. The first-order valence-corrected chi connectivity index (χ1v) is 5.54. The molecule has 1 aliphatic rings. The Bertz CT molecular complexity index is 404. The van der Waals surface area contributed by atoms with Crippen molar-refractivity contribution in [1.29, 1.82) is 0 Å². The Balaban J connectivity index is 2.28. The van der Waals surface area contributed by atoms with Crippen LogP contribution in [0, 0.1) is 5.92 Å². The van der Waals surface area contributed by atoms with Crippen molar-refractivity contribution in [3.63, 3.8) is 0 Å². The summed E-state index contributed by atoms with van der Waals surface area (Å²) in [7, 11) is 0. The summed E-state index contributed by atoms with van der Waals surface area (Å²) in [6.45, 7) is 4.06. The van der Waals surface area contributed by atoms with E-state index in [0.29, 0.717) is 11.7 Å². The first-order chi connectivity index (χ1) is 7.18. The standard InChI is InChI=1S/C10H14ClN3O/c1-7-3-2-4-14(5-7)9-8(11)10(15)13-6-12-9/h6-7H,2-5H2,1H3,(H,12,13,15).